The predicted octanol–water partition coefficient (Wildman–Crippen LogP) is 3.64. The number of likely N-dealkylation sites (N-methyl/N-ethyl adjacent to an activating group) is 1. The van der Waals surface area contributed by atoms with E-state index in [9.17, 15) is 14.7 Å². The van der Waals surface area contributed by atoms with Crippen LogP contribution in [0, 0.1) is 0 Å². The van der Waals surface area contributed by atoms with Gasteiger partial charge in [0.15, 0.2) is 5.76 Å². The van der Waals surface area contributed by atoms with E-state index in [1.807, 2.05) is 38.1 Å². The van der Waals surface area contributed by atoms with Crippen LogP contribution in [0.3, 0.4) is 0 Å². The molecule has 0 aliphatic rings. The SMILES string of the molecule is CCc1oc(C(=O)N(CC)C(C)Cc2ccc(OC)cc2)cc1C(=O)O. The zero-order chi connectivity index (χ0) is 19.3. The minimum absolute atomic E-state index is 0.0507. The summed E-state index contributed by atoms with van der Waals surface area (Å²) in [5, 5.41) is 9.24. The quantitative estimate of drug-likeness (QED) is 0.778. The van der Waals surface area contributed by atoms with Crippen LogP contribution in [0.2, 0.25) is 0 Å². The summed E-state index contributed by atoms with van der Waals surface area (Å²) >= 11 is 0. The highest BCUT2D eigenvalue weighted by atomic mass is 16.5. The molecule has 6 heteroatoms. The van der Waals surface area contributed by atoms with E-state index in [0.29, 0.717) is 25.1 Å². The molecule has 26 heavy (non-hydrogen) atoms. The highest BCUT2D eigenvalue weighted by molar-refractivity contribution is 5.96. The van der Waals surface area contributed by atoms with E-state index in [4.69, 9.17) is 9.15 Å². The van der Waals surface area contributed by atoms with Gasteiger partial charge in [0.25, 0.3) is 5.91 Å². The number of furan rings is 1. The summed E-state index contributed by atoms with van der Waals surface area (Å²) < 4.78 is 10.7. The maximum Gasteiger partial charge on any atom is 0.339 e. The first-order valence-electron chi connectivity index (χ1n) is 8.71. The molecule has 1 N–H and O–H groups in total. The lowest BCUT2D eigenvalue weighted by molar-refractivity contribution is 0.0665. The van der Waals surface area contributed by atoms with Crippen LogP contribution < -0.4 is 4.74 Å². The first-order chi connectivity index (χ1) is 12.4. The summed E-state index contributed by atoms with van der Waals surface area (Å²) in [6.07, 6.45) is 1.10. The fourth-order valence-corrected chi connectivity index (χ4v) is 2.99. The molecule has 2 rings (SSSR count). The van der Waals surface area contributed by atoms with Gasteiger partial charge < -0.3 is 19.2 Å². The van der Waals surface area contributed by atoms with Crippen LogP contribution in [0.25, 0.3) is 0 Å². The Hall–Kier alpha value is -2.76. The molecule has 2 aromatic rings. The Morgan fingerprint density at radius 3 is 2.35 bits per heavy atom. The number of carboxylic acid groups (broad SMARTS) is 1. The molecule has 1 atom stereocenters. The molecular weight excluding hydrogens is 334 g/mol. The molecule has 0 aliphatic carbocycles. The number of aromatic carboxylic acids is 1. The largest absolute Gasteiger partial charge is 0.497 e. The summed E-state index contributed by atoms with van der Waals surface area (Å²) in [5.74, 6) is -0.203. The third-order valence-electron chi connectivity index (χ3n) is 4.40. The summed E-state index contributed by atoms with van der Waals surface area (Å²) in [4.78, 5) is 25.8. The van der Waals surface area contributed by atoms with Gasteiger partial charge in [-0.25, -0.2) is 4.79 Å². The molecule has 0 fully saturated rings. The molecule has 0 bridgehead atoms. The van der Waals surface area contributed by atoms with Crippen molar-refractivity contribution in [1.29, 1.82) is 0 Å². The molecule has 0 saturated heterocycles. The average Bonchev–Trinajstić information content (AvgIpc) is 3.07. The van der Waals surface area contributed by atoms with E-state index >= 15 is 0 Å². The van der Waals surface area contributed by atoms with Crippen molar-refractivity contribution in [3.63, 3.8) is 0 Å². The lowest BCUT2D eigenvalue weighted by atomic mass is 10.1. The van der Waals surface area contributed by atoms with Crippen LogP contribution in [-0.2, 0) is 12.8 Å². The van der Waals surface area contributed by atoms with Gasteiger partial charge in [0.2, 0.25) is 0 Å². The zero-order valence-corrected chi connectivity index (χ0v) is 15.6. The maximum absolute atomic E-state index is 12.8. The van der Waals surface area contributed by atoms with E-state index in [2.05, 4.69) is 0 Å². The molecule has 140 valence electrons. The van der Waals surface area contributed by atoms with Crippen LogP contribution >= 0.6 is 0 Å². The molecule has 1 aromatic carbocycles. The van der Waals surface area contributed by atoms with Crippen molar-refractivity contribution < 1.29 is 23.8 Å². The highest BCUT2D eigenvalue weighted by Crippen LogP contribution is 2.20. The second-order valence-electron chi connectivity index (χ2n) is 6.10. The number of carbonyl (C=O) groups excluding carboxylic acids is 1. The Labute approximate surface area is 153 Å². The molecule has 1 unspecified atom stereocenters. The number of hydrogen-bond donors (Lipinski definition) is 1. The predicted molar refractivity (Wildman–Crippen MR) is 97.9 cm³/mol. The van der Waals surface area contributed by atoms with Crippen LogP contribution in [0.1, 0.15) is 53.0 Å². The van der Waals surface area contributed by atoms with Gasteiger partial charge in [0, 0.05) is 25.1 Å². The highest BCUT2D eigenvalue weighted by Gasteiger charge is 2.26. The van der Waals surface area contributed by atoms with Crippen molar-refractivity contribution >= 4 is 11.9 Å². The second-order valence-corrected chi connectivity index (χ2v) is 6.10. The Balaban J connectivity index is 2.17. The van der Waals surface area contributed by atoms with Gasteiger partial charge >= 0.3 is 5.97 Å². The van der Waals surface area contributed by atoms with Crippen molar-refractivity contribution in [3.8, 4) is 5.75 Å². The number of benzene rings is 1. The van der Waals surface area contributed by atoms with Gasteiger partial charge in [-0.3, -0.25) is 4.79 Å². The standard InChI is InChI=1S/C20H25NO5/c1-5-17-16(20(23)24)12-18(26-17)19(22)21(6-2)13(3)11-14-7-9-15(25-4)10-8-14/h7-10,12-13H,5-6,11H2,1-4H3,(H,23,24). The van der Waals surface area contributed by atoms with Crippen LogP contribution in [-0.4, -0.2) is 41.6 Å². The minimum Gasteiger partial charge on any atom is -0.497 e. The molecular formula is C20H25NO5. The lowest BCUT2D eigenvalue weighted by Crippen LogP contribution is -2.39. The fraction of sp³-hybridized carbons (Fsp3) is 0.400. The van der Waals surface area contributed by atoms with Crippen LogP contribution in [0.4, 0.5) is 0 Å². The molecule has 1 heterocycles. The molecule has 6 nitrogen and oxygen atoms in total. The number of carboxylic acids is 1. The van der Waals surface area contributed by atoms with E-state index in [1.54, 1.807) is 18.9 Å². The van der Waals surface area contributed by atoms with E-state index in [-0.39, 0.29) is 23.3 Å². The topological polar surface area (TPSA) is 80.0 Å². The third kappa shape index (κ3) is 4.25. The van der Waals surface area contributed by atoms with Crippen molar-refractivity contribution in [2.75, 3.05) is 13.7 Å². The Kier molecular flexibility index (Phi) is 6.44. The second kappa shape index (κ2) is 8.56. The van der Waals surface area contributed by atoms with Crippen LogP contribution in [0.5, 0.6) is 5.75 Å². The number of amides is 1. The van der Waals surface area contributed by atoms with Gasteiger partial charge in [-0.2, -0.15) is 0 Å². The average molecular weight is 359 g/mol. The first-order valence-corrected chi connectivity index (χ1v) is 8.71. The number of methoxy groups -OCH3 is 1. The van der Waals surface area contributed by atoms with Crippen molar-refractivity contribution in [3.05, 3.63) is 53.0 Å². The number of rotatable bonds is 8. The summed E-state index contributed by atoms with van der Waals surface area (Å²) in [6, 6.07) is 8.98. The number of hydrogen-bond acceptors (Lipinski definition) is 4. The molecule has 0 saturated carbocycles. The molecule has 0 spiro atoms. The zero-order valence-electron chi connectivity index (χ0n) is 15.6. The third-order valence-corrected chi connectivity index (χ3v) is 4.40. The minimum atomic E-state index is -1.08. The normalized spacial score (nSPS) is 11.8. The number of ether oxygens (including phenoxy) is 1. The van der Waals surface area contributed by atoms with Gasteiger partial charge in [-0.1, -0.05) is 19.1 Å². The molecule has 0 aliphatic heterocycles. The Bertz CT molecular complexity index is 763. The smallest absolute Gasteiger partial charge is 0.339 e. The molecule has 1 amide bonds. The lowest BCUT2D eigenvalue weighted by Gasteiger charge is -2.27. The van der Waals surface area contributed by atoms with Crippen molar-refractivity contribution in [2.45, 2.75) is 39.7 Å². The van der Waals surface area contributed by atoms with E-state index in [1.165, 1.54) is 6.07 Å². The van der Waals surface area contributed by atoms with Crippen LogP contribution in [0.15, 0.2) is 34.7 Å². The number of nitrogens with zero attached hydrogens (tertiary/aromatic N) is 1. The molecule has 1 aromatic heterocycles. The van der Waals surface area contributed by atoms with Gasteiger partial charge in [0.05, 0.1) is 7.11 Å². The van der Waals surface area contributed by atoms with Crippen molar-refractivity contribution in [1.82, 2.24) is 4.90 Å². The first kappa shape index (κ1) is 19.6. The summed E-state index contributed by atoms with van der Waals surface area (Å²) in [5.41, 5.74) is 1.14. The summed E-state index contributed by atoms with van der Waals surface area (Å²) in [6.45, 7) is 6.15. The van der Waals surface area contributed by atoms with Gasteiger partial charge in [0.1, 0.15) is 17.1 Å². The van der Waals surface area contributed by atoms with E-state index < -0.39 is 5.97 Å². The fourth-order valence-electron chi connectivity index (χ4n) is 2.99. The number of carbonyl (C=O) groups is 2. The van der Waals surface area contributed by atoms with Crippen molar-refractivity contribution in [2.24, 2.45) is 0 Å². The van der Waals surface area contributed by atoms with Gasteiger partial charge in [-0.15, -0.1) is 0 Å². The maximum atomic E-state index is 12.8. The van der Waals surface area contributed by atoms with E-state index in [0.717, 1.165) is 11.3 Å². The summed E-state index contributed by atoms with van der Waals surface area (Å²) in [7, 11) is 1.62. The number of aryl methyl sites for hydroxylation is 1. The Morgan fingerprint density at radius 1 is 1.23 bits per heavy atom. The Morgan fingerprint density at radius 2 is 1.88 bits per heavy atom. The van der Waals surface area contributed by atoms with Gasteiger partial charge in [-0.05, 0) is 38.0 Å². The monoisotopic (exact) mass is 359 g/mol. The molecule has 0 radical (unpaired) electrons.